The van der Waals surface area contributed by atoms with E-state index in [2.05, 4.69) is 24.1 Å². The summed E-state index contributed by atoms with van der Waals surface area (Å²) in [4.78, 5) is 17.4. The van der Waals surface area contributed by atoms with Crippen molar-refractivity contribution < 1.29 is 9.90 Å². The van der Waals surface area contributed by atoms with Gasteiger partial charge in [-0.15, -0.1) is 0 Å². The van der Waals surface area contributed by atoms with Gasteiger partial charge in [0.25, 0.3) is 0 Å². The molecular formula is C13H21N3O2. The van der Waals surface area contributed by atoms with Gasteiger partial charge in [-0.3, -0.25) is 0 Å². The smallest absolute Gasteiger partial charge is 0.339 e. The molecule has 0 radical (unpaired) electrons. The molecule has 5 nitrogen and oxygen atoms in total. The summed E-state index contributed by atoms with van der Waals surface area (Å²) in [5.74, 6) is -0.398. The molecular weight excluding hydrogens is 230 g/mol. The maximum absolute atomic E-state index is 11.2. The summed E-state index contributed by atoms with van der Waals surface area (Å²) in [6.45, 7) is 8.49. The fourth-order valence-electron chi connectivity index (χ4n) is 1.92. The standard InChI is InChI=1S/C13H21N3O2/c1-4-14-10(3)9-16(5-2)12-11(13(17)18)7-6-8-15-12/h6-8,10,14H,4-5,9H2,1-3H3,(H,17,18)/t10-/m1/s1. The van der Waals surface area contributed by atoms with Crippen molar-refractivity contribution in [2.45, 2.75) is 26.8 Å². The van der Waals surface area contributed by atoms with Crippen LogP contribution in [0.25, 0.3) is 0 Å². The van der Waals surface area contributed by atoms with E-state index in [1.165, 1.54) is 0 Å². The molecule has 1 heterocycles. The van der Waals surface area contributed by atoms with Gasteiger partial charge in [0.05, 0.1) is 0 Å². The Morgan fingerprint density at radius 3 is 2.83 bits per heavy atom. The van der Waals surface area contributed by atoms with Crippen molar-refractivity contribution in [2.24, 2.45) is 0 Å². The molecule has 18 heavy (non-hydrogen) atoms. The lowest BCUT2D eigenvalue weighted by Gasteiger charge is -2.26. The highest BCUT2D eigenvalue weighted by Gasteiger charge is 2.17. The molecule has 0 bridgehead atoms. The number of aromatic nitrogens is 1. The van der Waals surface area contributed by atoms with Crippen molar-refractivity contribution in [1.82, 2.24) is 10.3 Å². The summed E-state index contributed by atoms with van der Waals surface area (Å²) in [5, 5.41) is 12.5. The average molecular weight is 251 g/mol. The third-order valence-electron chi connectivity index (χ3n) is 2.75. The van der Waals surface area contributed by atoms with Gasteiger partial charge < -0.3 is 15.3 Å². The Hall–Kier alpha value is -1.62. The SMILES string of the molecule is CCN[C@H](C)CN(CC)c1ncccc1C(=O)O. The van der Waals surface area contributed by atoms with Crippen LogP contribution in [0.3, 0.4) is 0 Å². The number of carboxylic acid groups (broad SMARTS) is 1. The van der Waals surface area contributed by atoms with Crippen molar-refractivity contribution in [3.63, 3.8) is 0 Å². The van der Waals surface area contributed by atoms with Crippen LogP contribution in [0, 0.1) is 0 Å². The van der Waals surface area contributed by atoms with E-state index in [1.54, 1.807) is 18.3 Å². The molecule has 1 atom stereocenters. The Kier molecular flexibility index (Phi) is 5.58. The fraction of sp³-hybridized carbons (Fsp3) is 0.538. The maximum atomic E-state index is 11.2. The van der Waals surface area contributed by atoms with Gasteiger partial charge in [0.15, 0.2) is 0 Å². The zero-order valence-corrected chi connectivity index (χ0v) is 11.2. The van der Waals surface area contributed by atoms with Gasteiger partial charge >= 0.3 is 5.97 Å². The van der Waals surface area contributed by atoms with Crippen molar-refractivity contribution in [1.29, 1.82) is 0 Å². The average Bonchev–Trinajstić information content (AvgIpc) is 2.36. The second-order valence-corrected chi connectivity index (χ2v) is 4.18. The molecule has 0 saturated heterocycles. The molecule has 0 aromatic carbocycles. The highest BCUT2D eigenvalue weighted by Crippen LogP contribution is 2.17. The largest absolute Gasteiger partial charge is 0.478 e. The summed E-state index contributed by atoms with van der Waals surface area (Å²) in [6.07, 6.45) is 1.63. The quantitative estimate of drug-likeness (QED) is 0.770. The van der Waals surface area contributed by atoms with Crippen molar-refractivity contribution >= 4 is 11.8 Å². The zero-order valence-electron chi connectivity index (χ0n) is 11.2. The van der Waals surface area contributed by atoms with Crippen LogP contribution < -0.4 is 10.2 Å². The Morgan fingerprint density at radius 1 is 1.56 bits per heavy atom. The van der Waals surface area contributed by atoms with E-state index in [9.17, 15) is 4.79 Å². The van der Waals surface area contributed by atoms with Gasteiger partial charge in [0.2, 0.25) is 0 Å². The highest BCUT2D eigenvalue weighted by atomic mass is 16.4. The van der Waals surface area contributed by atoms with Crippen LogP contribution in [-0.2, 0) is 0 Å². The molecule has 0 spiro atoms. The lowest BCUT2D eigenvalue weighted by molar-refractivity contribution is 0.0697. The molecule has 0 amide bonds. The second-order valence-electron chi connectivity index (χ2n) is 4.18. The summed E-state index contributed by atoms with van der Waals surface area (Å²) in [5.41, 5.74) is 0.253. The number of likely N-dealkylation sites (N-methyl/N-ethyl adjacent to an activating group) is 2. The van der Waals surface area contributed by atoms with Crippen molar-refractivity contribution in [3.05, 3.63) is 23.9 Å². The molecule has 5 heteroatoms. The number of anilines is 1. The Morgan fingerprint density at radius 2 is 2.28 bits per heavy atom. The van der Waals surface area contributed by atoms with Crippen molar-refractivity contribution in [3.8, 4) is 0 Å². The second kappa shape index (κ2) is 6.96. The van der Waals surface area contributed by atoms with E-state index in [1.807, 2.05) is 11.8 Å². The molecule has 0 saturated carbocycles. The topological polar surface area (TPSA) is 65.5 Å². The minimum Gasteiger partial charge on any atom is -0.478 e. The van der Waals surface area contributed by atoms with E-state index < -0.39 is 5.97 Å². The number of carboxylic acids is 1. The van der Waals surface area contributed by atoms with Crippen LogP contribution in [0.15, 0.2) is 18.3 Å². The lowest BCUT2D eigenvalue weighted by Crippen LogP contribution is -2.40. The third kappa shape index (κ3) is 3.70. The molecule has 1 aromatic rings. The molecule has 0 aliphatic carbocycles. The normalized spacial score (nSPS) is 12.2. The molecule has 0 aliphatic heterocycles. The number of hydrogen-bond donors (Lipinski definition) is 2. The first-order valence-corrected chi connectivity index (χ1v) is 6.26. The first-order chi connectivity index (χ1) is 8.60. The predicted octanol–water partition coefficient (Wildman–Crippen LogP) is 1.60. The van der Waals surface area contributed by atoms with E-state index in [-0.39, 0.29) is 5.56 Å². The first-order valence-electron chi connectivity index (χ1n) is 6.26. The highest BCUT2D eigenvalue weighted by molar-refractivity contribution is 5.93. The minimum atomic E-state index is -0.937. The molecule has 0 unspecified atom stereocenters. The Balaban J connectivity index is 2.91. The van der Waals surface area contributed by atoms with Crippen LogP contribution >= 0.6 is 0 Å². The van der Waals surface area contributed by atoms with E-state index >= 15 is 0 Å². The number of hydrogen-bond acceptors (Lipinski definition) is 4. The Bertz CT molecular complexity index is 396. The van der Waals surface area contributed by atoms with Crippen LogP contribution in [0.4, 0.5) is 5.82 Å². The van der Waals surface area contributed by atoms with E-state index in [0.717, 1.165) is 19.6 Å². The molecule has 0 fully saturated rings. The predicted molar refractivity (Wildman–Crippen MR) is 72.2 cm³/mol. The van der Waals surface area contributed by atoms with Gasteiger partial charge in [-0.05, 0) is 32.5 Å². The van der Waals surface area contributed by atoms with Crippen LogP contribution in [-0.4, -0.2) is 41.7 Å². The maximum Gasteiger partial charge on any atom is 0.339 e. The number of rotatable bonds is 7. The third-order valence-corrected chi connectivity index (χ3v) is 2.75. The van der Waals surface area contributed by atoms with Crippen molar-refractivity contribution in [2.75, 3.05) is 24.5 Å². The summed E-state index contributed by atoms with van der Waals surface area (Å²) in [7, 11) is 0. The fourth-order valence-corrected chi connectivity index (χ4v) is 1.92. The lowest BCUT2D eigenvalue weighted by atomic mass is 10.2. The zero-order chi connectivity index (χ0) is 13.5. The monoisotopic (exact) mass is 251 g/mol. The van der Waals surface area contributed by atoms with Gasteiger partial charge in [0.1, 0.15) is 11.4 Å². The van der Waals surface area contributed by atoms with E-state index in [0.29, 0.717) is 11.9 Å². The molecule has 100 valence electrons. The summed E-state index contributed by atoms with van der Waals surface area (Å²) < 4.78 is 0. The van der Waals surface area contributed by atoms with E-state index in [4.69, 9.17) is 5.11 Å². The number of aromatic carboxylic acids is 1. The molecule has 2 N–H and O–H groups in total. The van der Waals surface area contributed by atoms with Gasteiger partial charge in [-0.25, -0.2) is 9.78 Å². The molecule has 1 aromatic heterocycles. The summed E-state index contributed by atoms with van der Waals surface area (Å²) in [6, 6.07) is 3.53. The number of pyridine rings is 1. The number of carbonyl (C=O) groups is 1. The van der Waals surface area contributed by atoms with Gasteiger partial charge in [-0.1, -0.05) is 6.92 Å². The Labute approximate surface area is 108 Å². The summed E-state index contributed by atoms with van der Waals surface area (Å²) >= 11 is 0. The van der Waals surface area contributed by atoms with Gasteiger partial charge in [-0.2, -0.15) is 0 Å². The molecule has 0 aliphatic rings. The number of nitrogens with one attached hydrogen (secondary N) is 1. The van der Waals surface area contributed by atoms with Crippen LogP contribution in [0.1, 0.15) is 31.1 Å². The molecule has 1 rings (SSSR count). The van der Waals surface area contributed by atoms with Gasteiger partial charge in [0, 0.05) is 25.3 Å². The van der Waals surface area contributed by atoms with Crippen LogP contribution in [0.2, 0.25) is 0 Å². The first kappa shape index (κ1) is 14.4. The number of nitrogens with zero attached hydrogens (tertiary/aromatic N) is 2. The minimum absolute atomic E-state index is 0.253. The van der Waals surface area contributed by atoms with Crippen LogP contribution in [0.5, 0.6) is 0 Å².